The van der Waals surface area contributed by atoms with Crippen LogP contribution in [-0.4, -0.2) is 41.2 Å². The van der Waals surface area contributed by atoms with E-state index in [1.54, 1.807) is 18.6 Å². The molecule has 0 radical (unpaired) electrons. The van der Waals surface area contributed by atoms with Crippen molar-refractivity contribution in [2.45, 2.75) is 12.6 Å². The van der Waals surface area contributed by atoms with Crippen LogP contribution in [0.5, 0.6) is 0 Å². The molecular formula is C9H13N3O. The zero-order valence-electron chi connectivity index (χ0n) is 7.68. The standard InChI is InChI=1S/C9H13N3O/c1-12(9-6-13-7-9)5-8-4-10-2-3-11-8/h2-4,9H,5-7H2,1H3. The second-order valence-electron chi connectivity index (χ2n) is 3.30. The molecule has 1 aromatic heterocycles. The molecule has 4 heteroatoms. The van der Waals surface area contributed by atoms with Crippen LogP contribution in [0.2, 0.25) is 0 Å². The molecule has 0 saturated carbocycles. The second kappa shape index (κ2) is 3.81. The maximum Gasteiger partial charge on any atom is 0.0726 e. The minimum absolute atomic E-state index is 0.557. The lowest BCUT2D eigenvalue weighted by molar-refractivity contribution is -0.0590. The van der Waals surface area contributed by atoms with Gasteiger partial charge in [0.25, 0.3) is 0 Å². The van der Waals surface area contributed by atoms with E-state index in [-0.39, 0.29) is 0 Å². The molecule has 0 bridgehead atoms. The van der Waals surface area contributed by atoms with Crippen molar-refractivity contribution in [3.63, 3.8) is 0 Å². The lowest BCUT2D eigenvalue weighted by Gasteiger charge is -2.34. The van der Waals surface area contributed by atoms with Crippen molar-refractivity contribution in [2.24, 2.45) is 0 Å². The van der Waals surface area contributed by atoms with E-state index in [0.717, 1.165) is 25.5 Å². The maximum atomic E-state index is 5.12. The number of rotatable bonds is 3. The Labute approximate surface area is 77.6 Å². The first-order valence-corrected chi connectivity index (χ1v) is 4.39. The fourth-order valence-corrected chi connectivity index (χ4v) is 1.27. The highest BCUT2D eigenvalue weighted by molar-refractivity contribution is 4.95. The topological polar surface area (TPSA) is 38.2 Å². The van der Waals surface area contributed by atoms with Gasteiger partial charge in [0, 0.05) is 25.1 Å². The van der Waals surface area contributed by atoms with Gasteiger partial charge in [0.05, 0.1) is 24.9 Å². The van der Waals surface area contributed by atoms with E-state index in [1.807, 2.05) is 0 Å². The molecule has 0 atom stereocenters. The van der Waals surface area contributed by atoms with Gasteiger partial charge >= 0.3 is 0 Å². The van der Waals surface area contributed by atoms with Crippen LogP contribution in [0.25, 0.3) is 0 Å². The number of ether oxygens (including phenoxy) is 1. The molecule has 1 aromatic rings. The van der Waals surface area contributed by atoms with Crippen molar-refractivity contribution >= 4 is 0 Å². The van der Waals surface area contributed by atoms with Gasteiger partial charge in [0.1, 0.15) is 0 Å². The average molecular weight is 179 g/mol. The molecule has 2 heterocycles. The fraction of sp³-hybridized carbons (Fsp3) is 0.556. The van der Waals surface area contributed by atoms with Crippen molar-refractivity contribution in [2.75, 3.05) is 20.3 Å². The number of likely N-dealkylation sites (N-methyl/N-ethyl adjacent to an activating group) is 1. The van der Waals surface area contributed by atoms with Crippen LogP contribution in [-0.2, 0) is 11.3 Å². The highest BCUT2D eigenvalue weighted by atomic mass is 16.5. The highest BCUT2D eigenvalue weighted by Crippen LogP contribution is 2.10. The summed E-state index contributed by atoms with van der Waals surface area (Å²) in [6.07, 6.45) is 5.21. The van der Waals surface area contributed by atoms with Gasteiger partial charge < -0.3 is 4.74 Å². The Balaban J connectivity index is 1.90. The molecule has 4 nitrogen and oxygen atoms in total. The van der Waals surface area contributed by atoms with Crippen LogP contribution in [0, 0.1) is 0 Å². The molecule has 0 unspecified atom stereocenters. The highest BCUT2D eigenvalue weighted by Gasteiger charge is 2.22. The Morgan fingerprint density at radius 1 is 1.54 bits per heavy atom. The van der Waals surface area contributed by atoms with Gasteiger partial charge in [-0.3, -0.25) is 14.9 Å². The van der Waals surface area contributed by atoms with E-state index in [4.69, 9.17) is 4.74 Å². The monoisotopic (exact) mass is 179 g/mol. The Bertz CT molecular complexity index is 261. The van der Waals surface area contributed by atoms with Crippen LogP contribution >= 0.6 is 0 Å². The predicted octanol–water partition coefficient (Wildman–Crippen LogP) is 0.307. The van der Waals surface area contributed by atoms with Gasteiger partial charge in [0.15, 0.2) is 0 Å². The minimum Gasteiger partial charge on any atom is -0.378 e. The van der Waals surface area contributed by atoms with Crippen LogP contribution in [0.3, 0.4) is 0 Å². The Hall–Kier alpha value is -1.00. The molecule has 1 saturated heterocycles. The maximum absolute atomic E-state index is 5.12. The first kappa shape index (κ1) is 8.59. The molecule has 13 heavy (non-hydrogen) atoms. The van der Waals surface area contributed by atoms with Crippen molar-refractivity contribution in [3.8, 4) is 0 Å². The van der Waals surface area contributed by atoms with E-state index in [1.165, 1.54) is 0 Å². The molecular weight excluding hydrogens is 166 g/mol. The van der Waals surface area contributed by atoms with Gasteiger partial charge in [-0.2, -0.15) is 0 Å². The summed E-state index contributed by atoms with van der Waals surface area (Å²) in [7, 11) is 2.09. The zero-order valence-corrected chi connectivity index (χ0v) is 7.68. The summed E-state index contributed by atoms with van der Waals surface area (Å²) in [4.78, 5) is 10.5. The Morgan fingerprint density at radius 3 is 2.92 bits per heavy atom. The smallest absolute Gasteiger partial charge is 0.0726 e. The largest absolute Gasteiger partial charge is 0.378 e. The van der Waals surface area contributed by atoms with Gasteiger partial charge in [-0.1, -0.05) is 0 Å². The lowest BCUT2D eigenvalue weighted by atomic mass is 10.2. The first-order chi connectivity index (χ1) is 6.36. The summed E-state index contributed by atoms with van der Waals surface area (Å²) >= 11 is 0. The summed E-state index contributed by atoms with van der Waals surface area (Å²) in [5.74, 6) is 0. The number of aromatic nitrogens is 2. The van der Waals surface area contributed by atoms with Gasteiger partial charge in [-0.25, -0.2) is 0 Å². The quantitative estimate of drug-likeness (QED) is 0.669. The Morgan fingerprint density at radius 2 is 2.38 bits per heavy atom. The lowest BCUT2D eigenvalue weighted by Crippen LogP contribution is -2.46. The SMILES string of the molecule is CN(Cc1cnccn1)C1COC1. The van der Waals surface area contributed by atoms with E-state index in [9.17, 15) is 0 Å². The molecule has 0 aromatic carbocycles. The minimum atomic E-state index is 0.557. The van der Waals surface area contributed by atoms with Gasteiger partial charge in [-0.15, -0.1) is 0 Å². The second-order valence-corrected chi connectivity index (χ2v) is 3.30. The number of nitrogens with zero attached hydrogens (tertiary/aromatic N) is 3. The predicted molar refractivity (Wildman–Crippen MR) is 48.1 cm³/mol. The van der Waals surface area contributed by atoms with Crippen LogP contribution in [0.4, 0.5) is 0 Å². The van der Waals surface area contributed by atoms with Crippen molar-refractivity contribution in [1.82, 2.24) is 14.9 Å². The third-order valence-electron chi connectivity index (χ3n) is 2.27. The number of hydrogen-bond acceptors (Lipinski definition) is 4. The first-order valence-electron chi connectivity index (χ1n) is 4.39. The molecule has 0 aliphatic carbocycles. The summed E-state index contributed by atoms with van der Waals surface area (Å²) in [6.45, 7) is 2.54. The third-order valence-corrected chi connectivity index (χ3v) is 2.27. The normalized spacial score (nSPS) is 17.4. The molecule has 1 aliphatic rings. The van der Waals surface area contributed by atoms with E-state index < -0.39 is 0 Å². The van der Waals surface area contributed by atoms with E-state index >= 15 is 0 Å². The van der Waals surface area contributed by atoms with Crippen molar-refractivity contribution < 1.29 is 4.74 Å². The molecule has 1 aliphatic heterocycles. The zero-order chi connectivity index (χ0) is 9.10. The summed E-state index contributed by atoms with van der Waals surface area (Å²) in [5, 5.41) is 0. The number of hydrogen-bond donors (Lipinski definition) is 0. The summed E-state index contributed by atoms with van der Waals surface area (Å²) < 4.78 is 5.12. The van der Waals surface area contributed by atoms with Gasteiger partial charge in [-0.05, 0) is 7.05 Å². The average Bonchev–Trinajstić information content (AvgIpc) is 2.02. The van der Waals surface area contributed by atoms with Crippen molar-refractivity contribution in [1.29, 1.82) is 0 Å². The molecule has 1 fully saturated rings. The van der Waals surface area contributed by atoms with Crippen LogP contribution in [0.1, 0.15) is 5.69 Å². The third kappa shape index (κ3) is 2.02. The van der Waals surface area contributed by atoms with Crippen molar-refractivity contribution in [3.05, 3.63) is 24.3 Å². The molecule has 0 amide bonds. The molecule has 0 spiro atoms. The molecule has 70 valence electrons. The summed E-state index contributed by atoms with van der Waals surface area (Å²) in [5.41, 5.74) is 1.01. The van der Waals surface area contributed by atoms with Crippen LogP contribution < -0.4 is 0 Å². The van der Waals surface area contributed by atoms with Gasteiger partial charge in [0.2, 0.25) is 0 Å². The molecule has 0 N–H and O–H groups in total. The van der Waals surface area contributed by atoms with E-state index in [2.05, 4.69) is 21.9 Å². The summed E-state index contributed by atoms with van der Waals surface area (Å²) in [6, 6.07) is 0.557. The van der Waals surface area contributed by atoms with E-state index in [0.29, 0.717) is 6.04 Å². The Kier molecular flexibility index (Phi) is 2.52. The molecule has 2 rings (SSSR count). The fourth-order valence-electron chi connectivity index (χ4n) is 1.27. The van der Waals surface area contributed by atoms with Crippen LogP contribution in [0.15, 0.2) is 18.6 Å².